The van der Waals surface area contributed by atoms with E-state index in [1.54, 1.807) is 6.20 Å². The van der Waals surface area contributed by atoms with Gasteiger partial charge in [-0.15, -0.1) is 0 Å². The van der Waals surface area contributed by atoms with Crippen LogP contribution in [-0.2, 0) is 13.1 Å². The second kappa shape index (κ2) is 6.92. The predicted octanol–water partition coefficient (Wildman–Crippen LogP) is 1.36. The van der Waals surface area contributed by atoms with Gasteiger partial charge in [0, 0.05) is 56.5 Å². The lowest BCUT2D eigenvalue weighted by molar-refractivity contribution is 0.169. The molecule has 0 spiro atoms. The lowest BCUT2D eigenvalue weighted by atomic mass is 9.97. The first-order valence-electron chi connectivity index (χ1n) is 8.83. The maximum absolute atomic E-state index is 9.13. The largest absolute Gasteiger partial charge is 0.370 e. The highest BCUT2D eigenvalue weighted by Gasteiger charge is 2.22. The highest BCUT2D eigenvalue weighted by atomic mass is 15.3. The van der Waals surface area contributed by atoms with E-state index < -0.39 is 0 Å². The standard InChI is InChI=1S/C18H26N8/c1-18(2,3)12-26-14(8-13-10-22-15(9-19)23-16(13)26)11-24-4-6-25(7-5-24)17(20)21/h8,10H,4-7,11-12H2,1-3H3,(H3,20,21). The molecule has 8 heteroatoms. The van der Waals surface area contributed by atoms with Crippen molar-refractivity contribution in [2.24, 2.45) is 11.1 Å². The van der Waals surface area contributed by atoms with E-state index in [2.05, 4.69) is 46.3 Å². The van der Waals surface area contributed by atoms with E-state index in [1.165, 1.54) is 5.69 Å². The molecule has 3 heterocycles. The summed E-state index contributed by atoms with van der Waals surface area (Å²) in [6, 6.07) is 4.16. The molecule has 0 amide bonds. The van der Waals surface area contributed by atoms with Crippen LogP contribution in [0.2, 0.25) is 0 Å². The molecule has 2 aromatic heterocycles. The Morgan fingerprint density at radius 2 is 2.00 bits per heavy atom. The van der Waals surface area contributed by atoms with Crippen LogP contribution in [-0.4, -0.2) is 56.5 Å². The average molecular weight is 354 g/mol. The zero-order chi connectivity index (χ0) is 18.9. The van der Waals surface area contributed by atoms with Crippen LogP contribution in [0, 0.1) is 22.2 Å². The maximum atomic E-state index is 9.13. The number of piperazine rings is 1. The smallest absolute Gasteiger partial charge is 0.234 e. The summed E-state index contributed by atoms with van der Waals surface area (Å²) < 4.78 is 2.22. The van der Waals surface area contributed by atoms with Crippen LogP contribution in [0.5, 0.6) is 0 Å². The van der Waals surface area contributed by atoms with E-state index >= 15 is 0 Å². The number of nitrogens with two attached hydrogens (primary N) is 1. The van der Waals surface area contributed by atoms with E-state index in [1.807, 2.05) is 11.0 Å². The molecule has 8 nitrogen and oxygen atoms in total. The predicted molar refractivity (Wildman–Crippen MR) is 100 cm³/mol. The van der Waals surface area contributed by atoms with Gasteiger partial charge in [0.05, 0.1) is 0 Å². The summed E-state index contributed by atoms with van der Waals surface area (Å²) >= 11 is 0. The lowest BCUT2D eigenvalue weighted by Gasteiger charge is -2.35. The number of hydrogen-bond donors (Lipinski definition) is 2. The molecule has 1 saturated heterocycles. The van der Waals surface area contributed by atoms with Crippen molar-refractivity contribution in [3.8, 4) is 6.07 Å². The third-order valence-corrected chi connectivity index (χ3v) is 4.55. The Morgan fingerprint density at radius 3 is 2.58 bits per heavy atom. The van der Waals surface area contributed by atoms with E-state index in [-0.39, 0.29) is 17.2 Å². The summed E-state index contributed by atoms with van der Waals surface area (Å²) in [6.45, 7) is 11.5. The molecule has 0 saturated carbocycles. The second-order valence-corrected chi connectivity index (χ2v) is 8.02. The third kappa shape index (κ3) is 3.94. The van der Waals surface area contributed by atoms with Gasteiger partial charge in [0.2, 0.25) is 5.82 Å². The highest BCUT2D eigenvalue weighted by molar-refractivity contribution is 5.77. The Kier molecular flexibility index (Phi) is 4.83. The second-order valence-electron chi connectivity index (χ2n) is 8.02. The van der Waals surface area contributed by atoms with Gasteiger partial charge in [0.15, 0.2) is 5.96 Å². The molecule has 1 aliphatic heterocycles. The fourth-order valence-corrected chi connectivity index (χ4v) is 3.31. The lowest BCUT2D eigenvalue weighted by Crippen LogP contribution is -2.50. The van der Waals surface area contributed by atoms with Crippen molar-refractivity contribution in [2.45, 2.75) is 33.9 Å². The Labute approximate surface area is 153 Å². The zero-order valence-electron chi connectivity index (χ0n) is 15.7. The molecule has 0 unspecified atom stereocenters. The van der Waals surface area contributed by atoms with Crippen LogP contribution in [0.15, 0.2) is 12.3 Å². The van der Waals surface area contributed by atoms with E-state index in [4.69, 9.17) is 16.4 Å². The van der Waals surface area contributed by atoms with Gasteiger partial charge in [-0.05, 0) is 11.5 Å². The van der Waals surface area contributed by atoms with Crippen LogP contribution in [0.4, 0.5) is 0 Å². The average Bonchev–Trinajstić information content (AvgIpc) is 2.90. The van der Waals surface area contributed by atoms with Crippen LogP contribution < -0.4 is 5.73 Å². The molecule has 2 aromatic rings. The number of hydrogen-bond acceptors (Lipinski definition) is 5. The monoisotopic (exact) mass is 354 g/mol. The fraction of sp³-hybridized carbons (Fsp3) is 0.556. The van der Waals surface area contributed by atoms with Crippen molar-refractivity contribution in [1.82, 2.24) is 24.3 Å². The molecular weight excluding hydrogens is 328 g/mol. The van der Waals surface area contributed by atoms with Crippen molar-refractivity contribution in [2.75, 3.05) is 26.2 Å². The Hall–Kier alpha value is -2.66. The van der Waals surface area contributed by atoms with Gasteiger partial charge < -0.3 is 15.2 Å². The van der Waals surface area contributed by atoms with Crippen molar-refractivity contribution in [3.63, 3.8) is 0 Å². The van der Waals surface area contributed by atoms with Crippen LogP contribution >= 0.6 is 0 Å². The minimum atomic E-state index is 0.0891. The molecule has 0 radical (unpaired) electrons. The Morgan fingerprint density at radius 1 is 1.31 bits per heavy atom. The first kappa shape index (κ1) is 18.1. The first-order valence-corrected chi connectivity index (χ1v) is 8.83. The summed E-state index contributed by atoms with van der Waals surface area (Å²) in [5, 5.41) is 17.7. The number of rotatable bonds is 3. The van der Waals surface area contributed by atoms with E-state index in [0.717, 1.165) is 50.3 Å². The number of aromatic nitrogens is 3. The van der Waals surface area contributed by atoms with Gasteiger partial charge >= 0.3 is 0 Å². The molecule has 138 valence electrons. The van der Waals surface area contributed by atoms with Crippen LogP contribution in [0.1, 0.15) is 32.3 Å². The molecule has 1 aliphatic rings. The summed E-state index contributed by atoms with van der Waals surface area (Å²) in [4.78, 5) is 12.8. The quantitative estimate of drug-likeness (QED) is 0.636. The number of guanidine groups is 1. The molecule has 0 bridgehead atoms. The molecule has 3 rings (SSSR count). The van der Waals surface area contributed by atoms with Gasteiger partial charge in [-0.2, -0.15) is 5.26 Å². The van der Waals surface area contributed by atoms with E-state index in [9.17, 15) is 0 Å². The number of nitriles is 1. The number of fused-ring (bicyclic) bond motifs is 1. The zero-order valence-corrected chi connectivity index (χ0v) is 15.7. The highest BCUT2D eigenvalue weighted by Crippen LogP contribution is 2.25. The van der Waals surface area contributed by atoms with Gasteiger partial charge in [0.25, 0.3) is 0 Å². The maximum Gasteiger partial charge on any atom is 0.234 e. The van der Waals surface area contributed by atoms with Gasteiger partial charge in [0.1, 0.15) is 11.7 Å². The van der Waals surface area contributed by atoms with Crippen LogP contribution in [0.25, 0.3) is 11.0 Å². The molecule has 0 aliphatic carbocycles. The van der Waals surface area contributed by atoms with Crippen LogP contribution in [0.3, 0.4) is 0 Å². The normalized spacial score (nSPS) is 16.0. The molecule has 0 aromatic carbocycles. The van der Waals surface area contributed by atoms with E-state index in [0.29, 0.717) is 0 Å². The van der Waals surface area contributed by atoms with Gasteiger partial charge in [-0.25, -0.2) is 9.97 Å². The molecule has 26 heavy (non-hydrogen) atoms. The summed E-state index contributed by atoms with van der Waals surface area (Å²) in [5.41, 5.74) is 7.67. The summed E-state index contributed by atoms with van der Waals surface area (Å²) in [6.07, 6.45) is 1.73. The third-order valence-electron chi connectivity index (χ3n) is 4.55. The Balaban J connectivity index is 1.88. The molecule has 0 atom stereocenters. The van der Waals surface area contributed by atoms with Crippen molar-refractivity contribution < 1.29 is 0 Å². The number of nitrogens with one attached hydrogen (secondary N) is 1. The van der Waals surface area contributed by atoms with Crippen molar-refractivity contribution >= 4 is 17.0 Å². The van der Waals surface area contributed by atoms with Crippen molar-refractivity contribution in [1.29, 1.82) is 10.7 Å². The minimum Gasteiger partial charge on any atom is -0.370 e. The first-order chi connectivity index (χ1) is 12.3. The summed E-state index contributed by atoms with van der Waals surface area (Å²) in [5.74, 6) is 0.346. The fourth-order valence-electron chi connectivity index (χ4n) is 3.31. The Bertz CT molecular complexity index is 846. The number of nitrogens with zero attached hydrogens (tertiary/aromatic N) is 6. The minimum absolute atomic E-state index is 0.0891. The van der Waals surface area contributed by atoms with Gasteiger partial charge in [-0.3, -0.25) is 10.3 Å². The molecular formula is C18H26N8. The molecule has 3 N–H and O–H groups in total. The SMILES string of the molecule is CC(C)(C)Cn1c(CN2CCN(C(=N)N)CC2)cc2cnc(C#N)nc21. The topological polar surface area (TPSA) is 111 Å². The molecule has 1 fully saturated rings. The summed E-state index contributed by atoms with van der Waals surface area (Å²) in [7, 11) is 0. The van der Waals surface area contributed by atoms with Gasteiger partial charge in [-0.1, -0.05) is 20.8 Å². The van der Waals surface area contributed by atoms with Crippen molar-refractivity contribution in [3.05, 3.63) is 23.8 Å².